The molecule has 1 aliphatic rings. The molecule has 0 bridgehead atoms. The fourth-order valence-electron chi connectivity index (χ4n) is 3.37. The van der Waals surface area contributed by atoms with Gasteiger partial charge < -0.3 is 15.0 Å². The topological polar surface area (TPSA) is 75.7 Å². The molecule has 6 nitrogen and oxygen atoms in total. The Morgan fingerprint density at radius 3 is 2.55 bits per heavy atom. The van der Waals surface area contributed by atoms with Crippen molar-refractivity contribution >= 4 is 23.5 Å². The molecule has 1 saturated heterocycles. The molecule has 6 heteroatoms. The van der Waals surface area contributed by atoms with Gasteiger partial charge in [-0.3, -0.25) is 14.4 Å². The molecule has 1 N–H and O–H groups in total. The standard InChI is InChI=1S/C23H26N2O4/c1-15-9-10-20(11-16(15)2)25-13-19(12-22(25)27)23(28)29-14-21(26)24-17(3)18-7-5-4-6-8-18/h4-11,17,19H,12-14H2,1-3H3,(H,24,26)/t17-,19+/m1/s1. The van der Waals surface area contributed by atoms with Crippen molar-refractivity contribution in [1.82, 2.24) is 5.32 Å². The fourth-order valence-corrected chi connectivity index (χ4v) is 3.37. The number of anilines is 1. The van der Waals surface area contributed by atoms with Gasteiger partial charge in [0, 0.05) is 18.7 Å². The number of carbonyl (C=O) groups is 3. The highest BCUT2D eigenvalue weighted by molar-refractivity contribution is 5.99. The quantitative estimate of drug-likeness (QED) is 0.764. The molecule has 0 aromatic heterocycles. The maximum Gasteiger partial charge on any atom is 0.311 e. The lowest BCUT2D eigenvalue weighted by atomic mass is 10.1. The van der Waals surface area contributed by atoms with E-state index in [9.17, 15) is 14.4 Å². The van der Waals surface area contributed by atoms with Crippen molar-refractivity contribution < 1.29 is 19.1 Å². The second-order valence-electron chi connectivity index (χ2n) is 7.48. The molecule has 2 aromatic rings. The summed E-state index contributed by atoms with van der Waals surface area (Å²) < 4.78 is 5.17. The minimum atomic E-state index is -0.566. The Morgan fingerprint density at radius 2 is 1.86 bits per heavy atom. The van der Waals surface area contributed by atoms with Crippen molar-refractivity contribution in [1.29, 1.82) is 0 Å². The molecule has 2 amide bonds. The van der Waals surface area contributed by atoms with Crippen LogP contribution in [0.15, 0.2) is 48.5 Å². The van der Waals surface area contributed by atoms with Gasteiger partial charge in [-0.1, -0.05) is 36.4 Å². The van der Waals surface area contributed by atoms with Gasteiger partial charge in [0.1, 0.15) is 0 Å². The van der Waals surface area contributed by atoms with Gasteiger partial charge in [-0.2, -0.15) is 0 Å². The van der Waals surface area contributed by atoms with Gasteiger partial charge in [0.15, 0.2) is 6.61 Å². The summed E-state index contributed by atoms with van der Waals surface area (Å²) in [6, 6.07) is 15.1. The van der Waals surface area contributed by atoms with Gasteiger partial charge in [0.25, 0.3) is 5.91 Å². The monoisotopic (exact) mass is 394 g/mol. The van der Waals surface area contributed by atoms with Crippen molar-refractivity contribution in [3.05, 3.63) is 65.2 Å². The van der Waals surface area contributed by atoms with Crippen LogP contribution in [0.3, 0.4) is 0 Å². The third kappa shape index (κ3) is 5.02. The summed E-state index contributed by atoms with van der Waals surface area (Å²) >= 11 is 0. The summed E-state index contributed by atoms with van der Waals surface area (Å²) in [6.45, 7) is 5.77. The van der Waals surface area contributed by atoms with E-state index in [1.54, 1.807) is 4.90 Å². The maximum atomic E-state index is 12.4. The highest BCUT2D eigenvalue weighted by atomic mass is 16.5. The normalized spacial score (nSPS) is 17.1. The van der Waals surface area contributed by atoms with Gasteiger partial charge in [-0.05, 0) is 49.6 Å². The van der Waals surface area contributed by atoms with Crippen LogP contribution < -0.4 is 10.2 Å². The van der Waals surface area contributed by atoms with Gasteiger partial charge in [-0.25, -0.2) is 0 Å². The third-order valence-corrected chi connectivity index (χ3v) is 5.28. The van der Waals surface area contributed by atoms with Gasteiger partial charge in [-0.15, -0.1) is 0 Å². The molecule has 0 aliphatic carbocycles. The van der Waals surface area contributed by atoms with Crippen LogP contribution in [0, 0.1) is 19.8 Å². The molecule has 29 heavy (non-hydrogen) atoms. The Bertz CT molecular complexity index is 910. The van der Waals surface area contributed by atoms with Crippen molar-refractivity contribution in [2.45, 2.75) is 33.2 Å². The molecule has 1 fully saturated rings. The number of ether oxygens (including phenoxy) is 1. The molecule has 2 aromatic carbocycles. The first-order valence-electron chi connectivity index (χ1n) is 9.73. The average molecular weight is 394 g/mol. The van der Waals surface area contributed by atoms with Crippen LogP contribution in [-0.4, -0.2) is 30.9 Å². The molecule has 0 spiro atoms. The number of nitrogens with one attached hydrogen (secondary N) is 1. The SMILES string of the molecule is Cc1ccc(N2C[C@@H](C(=O)OCC(=O)N[C@H](C)c3ccccc3)CC2=O)cc1C. The second kappa shape index (κ2) is 8.90. The Hall–Kier alpha value is -3.15. The Kier molecular flexibility index (Phi) is 6.32. The van der Waals surface area contributed by atoms with E-state index in [1.165, 1.54) is 0 Å². The highest BCUT2D eigenvalue weighted by Crippen LogP contribution is 2.27. The van der Waals surface area contributed by atoms with E-state index < -0.39 is 11.9 Å². The van der Waals surface area contributed by atoms with Crippen molar-refractivity contribution in [2.24, 2.45) is 5.92 Å². The predicted octanol–water partition coefficient (Wildman–Crippen LogP) is 3.08. The zero-order chi connectivity index (χ0) is 21.0. The number of aryl methyl sites for hydroxylation is 2. The molecule has 0 unspecified atom stereocenters. The molecule has 3 rings (SSSR count). The minimum absolute atomic E-state index is 0.0911. The Labute approximate surface area is 170 Å². The van der Waals surface area contributed by atoms with Crippen LogP contribution >= 0.6 is 0 Å². The summed E-state index contributed by atoms with van der Waals surface area (Å²) in [7, 11) is 0. The second-order valence-corrected chi connectivity index (χ2v) is 7.48. The smallest absolute Gasteiger partial charge is 0.311 e. The molecule has 0 saturated carbocycles. The number of carbonyl (C=O) groups excluding carboxylic acids is 3. The van der Waals surface area contributed by atoms with Crippen LogP contribution in [0.25, 0.3) is 0 Å². The lowest BCUT2D eigenvalue weighted by molar-refractivity contribution is -0.152. The molecule has 0 radical (unpaired) electrons. The van der Waals surface area contributed by atoms with Crippen LogP contribution in [0.4, 0.5) is 5.69 Å². The molecule has 1 aliphatic heterocycles. The lowest BCUT2D eigenvalue weighted by Crippen LogP contribution is -2.32. The predicted molar refractivity (Wildman–Crippen MR) is 110 cm³/mol. The van der Waals surface area contributed by atoms with Crippen LogP contribution in [-0.2, 0) is 19.1 Å². The van der Waals surface area contributed by atoms with Crippen molar-refractivity contribution in [3.63, 3.8) is 0 Å². The minimum Gasteiger partial charge on any atom is -0.455 e. The van der Waals surface area contributed by atoms with Gasteiger partial charge in [0.2, 0.25) is 5.91 Å². The summed E-state index contributed by atoms with van der Waals surface area (Å²) in [4.78, 5) is 38.4. The average Bonchev–Trinajstić information content (AvgIpc) is 3.10. The number of amides is 2. The van der Waals surface area contributed by atoms with E-state index in [-0.39, 0.29) is 37.4 Å². The number of esters is 1. The molecular formula is C23H26N2O4. The van der Waals surface area contributed by atoms with E-state index in [0.29, 0.717) is 0 Å². The van der Waals surface area contributed by atoms with E-state index in [2.05, 4.69) is 5.32 Å². The lowest BCUT2D eigenvalue weighted by Gasteiger charge is -2.18. The third-order valence-electron chi connectivity index (χ3n) is 5.28. The number of hydrogen-bond donors (Lipinski definition) is 1. The number of rotatable bonds is 6. The van der Waals surface area contributed by atoms with Crippen LogP contribution in [0.1, 0.15) is 36.1 Å². The first kappa shape index (κ1) is 20.6. The summed E-state index contributed by atoms with van der Waals surface area (Å²) in [5, 5.41) is 2.80. The first-order chi connectivity index (χ1) is 13.8. The highest BCUT2D eigenvalue weighted by Gasteiger charge is 2.36. The number of nitrogens with zero attached hydrogens (tertiary/aromatic N) is 1. The van der Waals surface area contributed by atoms with Gasteiger partial charge >= 0.3 is 5.97 Å². The Balaban J connectivity index is 1.51. The molecule has 2 atom stereocenters. The van der Waals surface area contributed by atoms with Gasteiger partial charge in [0.05, 0.1) is 12.0 Å². The maximum absolute atomic E-state index is 12.4. The summed E-state index contributed by atoms with van der Waals surface area (Å²) in [6.07, 6.45) is 0.0911. The van der Waals surface area contributed by atoms with E-state index in [4.69, 9.17) is 4.74 Å². The largest absolute Gasteiger partial charge is 0.455 e. The van der Waals surface area contributed by atoms with Crippen LogP contribution in [0.2, 0.25) is 0 Å². The van der Waals surface area contributed by atoms with Crippen molar-refractivity contribution in [3.8, 4) is 0 Å². The summed E-state index contributed by atoms with van der Waals surface area (Å²) in [5.41, 5.74) is 3.98. The van der Waals surface area contributed by atoms with Crippen LogP contribution in [0.5, 0.6) is 0 Å². The van der Waals surface area contributed by atoms with E-state index >= 15 is 0 Å². The van der Waals surface area contributed by atoms with Crippen molar-refractivity contribution in [2.75, 3.05) is 18.1 Å². The number of hydrogen-bond acceptors (Lipinski definition) is 4. The number of benzene rings is 2. The van der Waals surface area contributed by atoms with E-state index in [0.717, 1.165) is 22.4 Å². The Morgan fingerprint density at radius 1 is 1.14 bits per heavy atom. The zero-order valence-electron chi connectivity index (χ0n) is 17.0. The molecule has 1 heterocycles. The summed E-state index contributed by atoms with van der Waals surface area (Å²) in [5.74, 6) is -1.57. The zero-order valence-corrected chi connectivity index (χ0v) is 17.0. The van der Waals surface area contributed by atoms with E-state index in [1.807, 2.05) is 69.3 Å². The molecule has 152 valence electrons. The first-order valence-corrected chi connectivity index (χ1v) is 9.73. The molecular weight excluding hydrogens is 368 g/mol. The fraction of sp³-hybridized carbons (Fsp3) is 0.348.